The maximum Gasteiger partial charge on any atom is 0.0599 e. The zero-order valence-electron chi connectivity index (χ0n) is 12.1. The molecule has 1 saturated heterocycles. The van der Waals surface area contributed by atoms with E-state index < -0.39 is 0 Å². The Balaban J connectivity index is 1.59. The molecule has 3 nitrogen and oxygen atoms in total. The number of rotatable bonds is 4. The zero-order valence-corrected chi connectivity index (χ0v) is 12.9. The fraction of sp³-hybridized carbons (Fsp3) is 0.625. The summed E-state index contributed by atoms with van der Waals surface area (Å²) in [5.41, 5.74) is 7.48. The van der Waals surface area contributed by atoms with E-state index in [1.807, 2.05) is 18.9 Å². The summed E-state index contributed by atoms with van der Waals surface area (Å²) in [6.45, 7) is 3.01. The van der Waals surface area contributed by atoms with E-state index in [1.165, 1.54) is 16.9 Å². The normalized spacial score (nSPS) is 30.4. The molecule has 110 valence electrons. The molecule has 0 amide bonds. The van der Waals surface area contributed by atoms with E-state index in [-0.39, 0.29) is 0 Å². The highest BCUT2D eigenvalue weighted by molar-refractivity contribution is 8.00. The van der Waals surface area contributed by atoms with Crippen LogP contribution in [0.3, 0.4) is 0 Å². The molecule has 3 atom stereocenters. The van der Waals surface area contributed by atoms with Crippen molar-refractivity contribution < 1.29 is 4.74 Å². The summed E-state index contributed by atoms with van der Waals surface area (Å²) >= 11 is 2.04. The van der Waals surface area contributed by atoms with Gasteiger partial charge in [0, 0.05) is 42.9 Å². The number of nitrogens with zero attached hydrogens (tertiary/aromatic N) is 1. The third kappa shape index (κ3) is 3.03. The van der Waals surface area contributed by atoms with Gasteiger partial charge in [-0.1, -0.05) is 18.2 Å². The molecule has 20 heavy (non-hydrogen) atoms. The lowest BCUT2D eigenvalue weighted by molar-refractivity contribution is 0.0137. The van der Waals surface area contributed by atoms with Crippen LogP contribution < -0.4 is 5.73 Å². The first kappa shape index (κ1) is 14.4. The van der Waals surface area contributed by atoms with Crippen LogP contribution in [0.1, 0.15) is 18.4 Å². The van der Waals surface area contributed by atoms with Gasteiger partial charge in [-0.3, -0.25) is 4.90 Å². The van der Waals surface area contributed by atoms with Crippen molar-refractivity contribution in [2.45, 2.75) is 41.6 Å². The number of piperidine rings is 1. The molecule has 3 unspecified atom stereocenters. The van der Waals surface area contributed by atoms with Crippen molar-refractivity contribution in [1.29, 1.82) is 0 Å². The number of ether oxygens (including phenoxy) is 1. The molecule has 0 aliphatic carbocycles. The minimum absolute atomic E-state index is 0.397. The lowest BCUT2D eigenvalue weighted by atomic mass is 9.98. The third-order valence-corrected chi connectivity index (χ3v) is 5.85. The van der Waals surface area contributed by atoms with Gasteiger partial charge in [-0.05, 0) is 30.9 Å². The van der Waals surface area contributed by atoms with Gasteiger partial charge in [-0.2, -0.15) is 0 Å². The van der Waals surface area contributed by atoms with Crippen molar-refractivity contribution in [3.05, 3.63) is 29.8 Å². The van der Waals surface area contributed by atoms with E-state index in [0.29, 0.717) is 17.4 Å². The van der Waals surface area contributed by atoms with Crippen LogP contribution in [-0.4, -0.2) is 49.0 Å². The zero-order chi connectivity index (χ0) is 13.9. The van der Waals surface area contributed by atoms with E-state index >= 15 is 0 Å². The van der Waals surface area contributed by atoms with Gasteiger partial charge < -0.3 is 10.5 Å². The van der Waals surface area contributed by atoms with Crippen molar-refractivity contribution in [1.82, 2.24) is 4.90 Å². The number of nitrogens with two attached hydrogens (primary N) is 1. The number of thioether (sulfide) groups is 1. The van der Waals surface area contributed by atoms with Crippen LogP contribution >= 0.6 is 11.8 Å². The molecule has 1 fully saturated rings. The fourth-order valence-corrected chi connectivity index (χ4v) is 4.73. The molecule has 0 saturated carbocycles. The standard InChI is InChI=1S/C16H24N2OS/c1-19-14-6-7-18(13(9-14)10-17)11-15-8-12-4-2-3-5-16(12)20-15/h2-5,13-15H,6-11,17H2,1H3. The Hall–Kier alpha value is -0.550. The number of fused-ring (bicyclic) bond motifs is 1. The highest BCUT2D eigenvalue weighted by Crippen LogP contribution is 2.37. The van der Waals surface area contributed by atoms with Crippen LogP contribution in [0.2, 0.25) is 0 Å². The smallest absolute Gasteiger partial charge is 0.0599 e. The average Bonchev–Trinajstić information content (AvgIpc) is 2.90. The summed E-state index contributed by atoms with van der Waals surface area (Å²) in [5, 5.41) is 0.681. The topological polar surface area (TPSA) is 38.5 Å². The molecule has 1 aromatic carbocycles. The summed E-state index contributed by atoms with van der Waals surface area (Å²) < 4.78 is 5.50. The largest absolute Gasteiger partial charge is 0.381 e. The Kier molecular flexibility index (Phi) is 4.66. The summed E-state index contributed by atoms with van der Waals surface area (Å²) in [6, 6.07) is 9.28. The van der Waals surface area contributed by atoms with E-state index in [4.69, 9.17) is 10.5 Å². The minimum Gasteiger partial charge on any atom is -0.381 e. The number of hydrogen-bond donors (Lipinski definition) is 1. The summed E-state index contributed by atoms with van der Waals surface area (Å²) in [6.07, 6.45) is 3.81. The lowest BCUT2D eigenvalue weighted by Gasteiger charge is -2.39. The minimum atomic E-state index is 0.397. The Morgan fingerprint density at radius 2 is 2.25 bits per heavy atom. The van der Waals surface area contributed by atoms with Crippen molar-refractivity contribution in [2.75, 3.05) is 26.7 Å². The maximum absolute atomic E-state index is 5.96. The van der Waals surface area contributed by atoms with E-state index in [2.05, 4.69) is 29.2 Å². The van der Waals surface area contributed by atoms with Crippen molar-refractivity contribution >= 4 is 11.8 Å². The molecule has 3 rings (SSSR count). The lowest BCUT2D eigenvalue weighted by Crippen LogP contribution is -2.50. The quantitative estimate of drug-likeness (QED) is 0.923. The molecule has 0 aromatic heterocycles. The summed E-state index contributed by atoms with van der Waals surface area (Å²) in [4.78, 5) is 4.05. The first-order valence-electron chi connectivity index (χ1n) is 7.51. The number of benzene rings is 1. The van der Waals surface area contributed by atoms with Crippen molar-refractivity contribution in [3.63, 3.8) is 0 Å². The Morgan fingerprint density at radius 3 is 3.00 bits per heavy atom. The number of methoxy groups -OCH3 is 1. The molecule has 0 spiro atoms. The molecule has 1 aromatic rings. The molecule has 2 heterocycles. The Morgan fingerprint density at radius 1 is 1.40 bits per heavy atom. The Labute approximate surface area is 125 Å². The van der Waals surface area contributed by atoms with E-state index in [9.17, 15) is 0 Å². The highest BCUT2D eigenvalue weighted by atomic mass is 32.2. The van der Waals surface area contributed by atoms with Gasteiger partial charge in [0.1, 0.15) is 0 Å². The van der Waals surface area contributed by atoms with Crippen LogP contribution in [-0.2, 0) is 11.2 Å². The van der Waals surface area contributed by atoms with Crippen molar-refractivity contribution in [2.24, 2.45) is 5.73 Å². The fourth-order valence-electron chi connectivity index (χ4n) is 3.38. The molecule has 2 aliphatic rings. The van der Waals surface area contributed by atoms with Gasteiger partial charge in [0.15, 0.2) is 0 Å². The molecule has 2 N–H and O–H groups in total. The van der Waals surface area contributed by atoms with Gasteiger partial charge >= 0.3 is 0 Å². The molecular weight excluding hydrogens is 268 g/mol. The number of likely N-dealkylation sites (tertiary alicyclic amines) is 1. The first-order valence-corrected chi connectivity index (χ1v) is 8.39. The molecule has 2 aliphatic heterocycles. The van der Waals surface area contributed by atoms with E-state index in [1.54, 1.807) is 0 Å². The second-order valence-corrected chi connectivity index (χ2v) is 7.16. The highest BCUT2D eigenvalue weighted by Gasteiger charge is 2.31. The predicted molar refractivity (Wildman–Crippen MR) is 84.2 cm³/mol. The predicted octanol–water partition coefficient (Wildman–Crippen LogP) is 2.14. The molecule has 0 radical (unpaired) electrons. The first-order chi connectivity index (χ1) is 9.80. The van der Waals surface area contributed by atoms with Gasteiger partial charge in [0.2, 0.25) is 0 Å². The van der Waals surface area contributed by atoms with Gasteiger partial charge in [0.25, 0.3) is 0 Å². The monoisotopic (exact) mass is 292 g/mol. The molecule has 4 heteroatoms. The van der Waals surface area contributed by atoms with Crippen LogP contribution in [0.25, 0.3) is 0 Å². The SMILES string of the molecule is COC1CCN(CC2Cc3ccccc3S2)C(CN)C1. The maximum atomic E-state index is 5.96. The Bertz CT molecular complexity index is 429. The molecule has 0 bridgehead atoms. The van der Waals surface area contributed by atoms with Gasteiger partial charge in [-0.25, -0.2) is 0 Å². The van der Waals surface area contributed by atoms with Gasteiger partial charge in [-0.15, -0.1) is 11.8 Å². The van der Waals surface area contributed by atoms with E-state index in [0.717, 1.165) is 32.5 Å². The van der Waals surface area contributed by atoms with Crippen LogP contribution in [0.5, 0.6) is 0 Å². The average molecular weight is 292 g/mol. The van der Waals surface area contributed by atoms with Crippen LogP contribution in [0, 0.1) is 0 Å². The summed E-state index contributed by atoms with van der Waals surface area (Å²) in [7, 11) is 1.82. The molecular formula is C16H24N2OS. The van der Waals surface area contributed by atoms with Crippen molar-refractivity contribution in [3.8, 4) is 0 Å². The number of hydrogen-bond acceptors (Lipinski definition) is 4. The van der Waals surface area contributed by atoms with Crippen LogP contribution in [0.15, 0.2) is 29.2 Å². The second-order valence-electron chi connectivity index (χ2n) is 5.82. The van der Waals surface area contributed by atoms with Crippen LogP contribution in [0.4, 0.5) is 0 Å². The second kappa shape index (κ2) is 6.48. The third-order valence-electron chi connectivity index (χ3n) is 4.55. The van der Waals surface area contributed by atoms with Gasteiger partial charge in [0.05, 0.1) is 6.10 Å². The summed E-state index contributed by atoms with van der Waals surface area (Å²) in [5.74, 6) is 0.